The summed E-state index contributed by atoms with van der Waals surface area (Å²) in [6.07, 6.45) is 8.29. The lowest BCUT2D eigenvalue weighted by Gasteiger charge is -2.17. The highest BCUT2D eigenvalue weighted by Gasteiger charge is 2.16. The second kappa shape index (κ2) is 6.12. The summed E-state index contributed by atoms with van der Waals surface area (Å²) in [6.45, 7) is 6.77. The van der Waals surface area contributed by atoms with Crippen LogP contribution < -0.4 is 0 Å². The first-order chi connectivity index (χ1) is 6.72. The standard InChI is InChI=1S/C14H24/c1-4-7-14-9-6-5-8-12(2)10-13(3)11-14/h12-14H,5-6,8-11H2,1-3H3. The van der Waals surface area contributed by atoms with Crippen molar-refractivity contribution in [3.05, 3.63) is 0 Å². The van der Waals surface area contributed by atoms with E-state index in [9.17, 15) is 0 Å². The summed E-state index contributed by atoms with van der Waals surface area (Å²) in [4.78, 5) is 0. The Morgan fingerprint density at radius 2 is 1.64 bits per heavy atom. The second-order valence-corrected chi connectivity index (χ2v) is 5.06. The topological polar surface area (TPSA) is 0 Å². The molecule has 80 valence electrons. The normalized spacial score (nSPS) is 34.6. The summed E-state index contributed by atoms with van der Waals surface area (Å²) < 4.78 is 0. The van der Waals surface area contributed by atoms with Crippen LogP contribution in [0.1, 0.15) is 59.3 Å². The molecule has 1 rings (SSSR count). The van der Waals surface area contributed by atoms with Crippen molar-refractivity contribution < 1.29 is 0 Å². The molecule has 0 aromatic rings. The highest BCUT2D eigenvalue weighted by Crippen LogP contribution is 2.28. The Bertz CT molecular complexity index is 206. The van der Waals surface area contributed by atoms with Gasteiger partial charge in [-0.25, -0.2) is 0 Å². The van der Waals surface area contributed by atoms with Gasteiger partial charge in [0.05, 0.1) is 0 Å². The van der Waals surface area contributed by atoms with Gasteiger partial charge in [-0.05, 0) is 38.0 Å². The Hall–Kier alpha value is -0.440. The summed E-state index contributed by atoms with van der Waals surface area (Å²) in [5.41, 5.74) is 0. The molecule has 0 aliphatic heterocycles. The lowest BCUT2D eigenvalue weighted by molar-refractivity contribution is 0.365. The fraction of sp³-hybridized carbons (Fsp3) is 0.857. The van der Waals surface area contributed by atoms with Gasteiger partial charge < -0.3 is 0 Å². The Morgan fingerprint density at radius 1 is 0.929 bits per heavy atom. The highest BCUT2D eigenvalue weighted by molar-refractivity contribution is 5.01. The van der Waals surface area contributed by atoms with E-state index < -0.39 is 0 Å². The SMILES string of the molecule is CC#CC1CCCCC(C)CC(C)C1. The maximum Gasteiger partial charge on any atom is 0.0205 e. The lowest BCUT2D eigenvalue weighted by atomic mass is 9.88. The van der Waals surface area contributed by atoms with Gasteiger partial charge in [0.15, 0.2) is 0 Å². The van der Waals surface area contributed by atoms with Crippen molar-refractivity contribution in [2.45, 2.75) is 59.3 Å². The molecule has 1 saturated carbocycles. The van der Waals surface area contributed by atoms with Crippen molar-refractivity contribution in [1.29, 1.82) is 0 Å². The zero-order valence-electron chi connectivity index (χ0n) is 9.97. The van der Waals surface area contributed by atoms with Crippen LogP contribution in [0.4, 0.5) is 0 Å². The quantitative estimate of drug-likeness (QED) is 0.503. The molecule has 1 aliphatic carbocycles. The van der Waals surface area contributed by atoms with E-state index in [-0.39, 0.29) is 0 Å². The van der Waals surface area contributed by atoms with E-state index in [0.717, 1.165) is 11.8 Å². The molecular weight excluding hydrogens is 168 g/mol. The van der Waals surface area contributed by atoms with Gasteiger partial charge in [0.1, 0.15) is 0 Å². The van der Waals surface area contributed by atoms with E-state index in [0.29, 0.717) is 5.92 Å². The van der Waals surface area contributed by atoms with Crippen LogP contribution in [0.5, 0.6) is 0 Å². The van der Waals surface area contributed by atoms with Gasteiger partial charge in [0.2, 0.25) is 0 Å². The van der Waals surface area contributed by atoms with Gasteiger partial charge >= 0.3 is 0 Å². The molecule has 0 saturated heterocycles. The smallest absolute Gasteiger partial charge is 0.0205 e. The summed E-state index contributed by atoms with van der Waals surface area (Å²) in [7, 11) is 0. The first-order valence-corrected chi connectivity index (χ1v) is 6.14. The molecule has 0 heterocycles. The van der Waals surface area contributed by atoms with Crippen molar-refractivity contribution >= 4 is 0 Å². The van der Waals surface area contributed by atoms with E-state index in [4.69, 9.17) is 0 Å². The molecule has 1 aliphatic rings. The van der Waals surface area contributed by atoms with Crippen LogP contribution in [0.25, 0.3) is 0 Å². The third kappa shape index (κ3) is 4.18. The zero-order valence-corrected chi connectivity index (χ0v) is 9.97. The number of hydrogen-bond acceptors (Lipinski definition) is 0. The van der Waals surface area contributed by atoms with Crippen LogP contribution in [0, 0.1) is 29.6 Å². The van der Waals surface area contributed by atoms with Crippen molar-refractivity contribution in [1.82, 2.24) is 0 Å². The number of rotatable bonds is 0. The van der Waals surface area contributed by atoms with Crippen molar-refractivity contribution in [3.63, 3.8) is 0 Å². The second-order valence-electron chi connectivity index (χ2n) is 5.06. The van der Waals surface area contributed by atoms with Crippen molar-refractivity contribution in [3.8, 4) is 11.8 Å². The molecule has 0 radical (unpaired) electrons. The molecular formula is C14H24. The lowest BCUT2D eigenvalue weighted by Crippen LogP contribution is -2.06. The minimum Gasteiger partial charge on any atom is -0.106 e. The molecule has 0 N–H and O–H groups in total. The van der Waals surface area contributed by atoms with E-state index in [1.54, 1.807) is 0 Å². The van der Waals surface area contributed by atoms with Crippen LogP contribution in [0.2, 0.25) is 0 Å². The predicted molar refractivity (Wildman–Crippen MR) is 63.0 cm³/mol. The van der Waals surface area contributed by atoms with E-state index in [2.05, 4.69) is 25.7 Å². The fourth-order valence-electron chi connectivity index (χ4n) is 2.72. The van der Waals surface area contributed by atoms with E-state index >= 15 is 0 Å². The molecule has 3 unspecified atom stereocenters. The molecule has 0 nitrogen and oxygen atoms in total. The van der Waals surface area contributed by atoms with Gasteiger partial charge in [-0.2, -0.15) is 0 Å². The maximum absolute atomic E-state index is 3.38. The average Bonchev–Trinajstić information content (AvgIpc) is 2.17. The molecule has 0 heteroatoms. The van der Waals surface area contributed by atoms with E-state index in [1.807, 2.05) is 6.92 Å². The molecule has 1 fully saturated rings. The fourth-order valence-corrected chi connectivity index (χ4v) is 2.72. The number of hydrogen-bond donors (Lipinski definition) is 0. The molecule has 0 aromatic heterocycles. The first-order valence-electron chi connectivity index (χ1n) is 6.14. The predicted octanol–water partition coefficient (Wildman–Crippen LogP) is 4.25. The molecule has 0 spiro atoms. The highest BCUT2D eigenvalue weighted by atomic mass is 14.2. The van der Waals surface area contributed by atoms with Gasteiger partial charge in [-0.3, -0.25) is 0 Å². The van der Waals surface area contributed by atoms with Crippen molar-refractivity contribution in [2.75, 3.05) is 0 Å². The van der Waals surface area contributed by atoms with Gasteiger partial charge in [-0.15, -0.1) is 11.8 Å². The Kier molecular flexibility index (Phi) is 5.09. The first kappa shape index (κ1) is 11.6. The molecule has 0 amide bonds. The third-order valence-electron chi connectivity index (χ3n) is 3.34. The van der Waals surface area contributed by atoms with Crippen LogP contribution in [0.3, 0.4) is 0 Å². The molecule has 14 heavy (non-hydrogen) atoms. The Morgan fingerprint density at radius 3 is 2.36 bits per heavy atom. The Labute approximate surface area is 89.5 Å². The van der Waals surface area contributed by atoms with Crippen LogP contribution in [-0.4, -0.2) is 0 Å². The minimum atomic E-state index is 0.681. The molecule has 0 bridgehead atoms. The van der Waals surface area contributed by atoms with Crippen LogP contribution in [0.15, 0.2) is 0 Å². The minimum absolute atomic E-state index is 0.681. The summed E-state index contributed by atoms with van der Waals surface area (Å²) in [5.74, 6) is 8.94. The molecule has 3 atom stereocenters. The largest absolute Gasteiger partial charge is 0.106 e. The van der Waals surface area contributed by atoms with Crippen LogP contribution in [-0.2, 0) is 0 Å². The monoisotopic (exact) mass is 192 g/mol. The summed E-state index contributed by atoms with van der Waals surface area (Å²) in [5, 5.41) is 0. The summed E-state index contributed by atoms with van der Waals surface area (Å²) in [6, 6.07) is 0. The Balaban J connectivity index is 2.50. The van der Waals surface area contributed by atoms with Crippen LogP contribution >= 0.6 is 0 Å². The molecule has 0 aromatic carbocycles. The van der Waals surface area contributed by atoms with Gasteiger partial charge in [0, 0.05) is 5.92 Å². The maximum atomic E-state index is 3.38. The van der Waals surface area contributed by atoms with Gasteiger partial charge in [0.25, 0.3) is 0 Å². The van der Waals surface area contributed by atoms with Crippen molar-refractivity contribution in [2.24, 2.45) is 17.8 Å². The van der Waals surface area contributed by atoms with Gasteiger partial charge in [-0.1, -0.05) is 33.1 Å². The summed E-state index contributed by atoms with van der Waals surface area (Å²) >= 11 is 0. The third-order valence-corrected chi connectivity index (χ3v) is 3.34. The zero-order chi connectivity index (χ0) is 10.4. The average molecular weight is 192 g/mol. The van der Waals surface area contributed by atoms with E-state index in [1.165, 1.54) is 38.5 Å².